The quantitative estimate of drug-likeness (QED) is 0.551. The van der Waals surface area contributed by atoms with Gasteiger partial charge in [0.1, 0.15) is 5.75 Å². The standard InChI is InChI=1S/C24H23F3N2O4/c1-13(2)19-20(21(30)17-10-14(3)9-15(4)11-17)28-23(32)29(22(19)31)12-16-5-7-18(8-6-16)33-24(25,26)27/h5-11,13H,12H2,1-4H3,(H,28,32). The van der Waals surface area contributed by atoms with Crippen molar-refractivity contribution in [2.75, 3.05) is 0 Å². The van der Waals surface area contributed by atoms with Crippen molar-refractivity contribution in [3.8, 4) is 5.75 Å². The zero-order valence-electron chi connectivity index (χ0n) is 18.5. The first-order valence-corrected chi connectivity index (χ1v) is 10.2. The third-order valence-electron chi connectivity index (χ3n) is 5.01. The second-order valence-electron chi connectivity index (χ2n) is 8.16. The molecule has 0 saturated carbocycles. The minimum atomic E-state index is -4.82. The van der Waals surface area contributed by atoms with E-state index in [1.807, 2.05) is 19.9 Å². The number of carbonyl (C=O) groups excluding carboxylic acids is 1. The number of aromatic nitrogens is 2. The maximum absolute atomic E-state index is 13.2. The summed E-state index contributed by atoms with van der Waals surface area (Å²) in [6.07, 6.45) is -4.82. The van der Waals surface area contributed by atoms with Gasteiger partial charge in [-0.15, -0.1) is 13.2 Å². The van der Waals surface area contributed by atoms with Gasteiger partial charge in [-0.1, -0.05) is 43.2 Å². The van der Waals surface area contributed by atoms with Crippen LogP contribution in [0.5, 0.6) is 5.75 Å². The lowest BCUT2D eigenvalue weighted by Crippen LogP contribution is -2.40. The summed E-state index contributed by atoms with van der Waals surface area (Å²) in [5.74, 6) is -1.24. The largest absolute Gasteiger partial charge is 0.573 e. The van der Waals surface area contributed by atoms with Crippen LogP contribution in [-0.2, 0) is 6.54 Å². The van der Waals surface area contributed by atoms with E-state index in [0.717, 1.165) is 27.8 Å². The van der Waals surface area contributed by atoms with Crippen LogP contribution in [-0.4, -0.2) is 21.7 Å². The first-order chi connectivity index (χ1) is 15.4. The van der Waals surface area contributed by atoms with Crippen LogP contribution in [0.25, 0.3) is 0 Å². The van der Waals surface area contributed by atoms with Gasteiger partial charge in [0, 0.05) is 11.1 Å². The number of ketones is 1. The Kier molecular flexibility index (Phi) is 6.62. The number of aromatic amines is 1. The van der Waals surface area contributed by atoms with E-state index < -0.39 is 29.1 Å². The highest BCUT2D eigenvalue weighted by atomic mass is 19.4. The number of H-pyrrole nitrogens is 1. The normalized spacial score (nSPS) is 11.6. The van der Waals surface area contributed by atoms with Crippen molar-refractivity contribution in [3.63, 3.8) is 0 Å². The first kappa shape index (κ1) is 24.0. The SMILES string of the molecule is Cc1cc(C)cc(C(=O)c2[nH]c(=O)n(Cc3ccc(OC(F)(F)F)cc3)c(=O)c2C(C)C)c1. The van der Waals surface area contributed by atoms with Crippen LogP contribution in [0.3, 0.4) is 0 Å². The highest BCUT2D eigenvalue weighted by Gasteiger charge is 2.31. The van der Waals surface area contributed by atoms with Gasteiger partial charge < -0.3 is 9.72 Å². The number of halogens is 3. The minimum absolute atomic E-state index is 0.0600. The van der Waals surface area contributed by atoms with Gasteiger partial charge in [0.25, 0.3) is 5.56 Å². The maximum Gasteiger partial charge on any atom is 0.573 e. The molecule has 0 radical (unpaired) electrons. The Morgan fingerprint density at radius 1 is 1.03 bits per heavy atom. The van der Waals surface area contributed by atoms with E-state index in [0.29, 0.717) is 11.1 Å². The van der Waals surface area contributed by atoms with Crippen LogP contribution in [0.2, 0.25) is 0 Å². The van der Waals surface area contributed by atoms with Crippen LogP contribution in [0.15, 0.2) is 52.1 Å². The van der Waals surface area contributed by atoms with E-state index in [9.17, 15) is 27.6 Å². The smallest absolute Gasteiger partial charge is 0.406 e. The second-order valence-corrected chi connectivity index (χ2v) is 8.16. The molecule has 0 aliphatic heterocycles. The van der Waals surface area contributed by atoms with Gasteiger partial charge in [-0.25, -0.2) is 4.79 Å². The number of nitrogens with zero attached hydrogens (tertiary/aromatic N) is 1. The number of hydrogen-bond donors (Lipinski definition) is 1. The fourth-order valence-electron chi connectivity index (χ4n) is 3.67. The molecule has 0 fully saturated rings. The Hall–Kier alpha value is -3.62. The van der Waals surface area contributed by atoms with Crippen molar-refractivity contribution >= 4 is 5.78 Å². The Morgan fingerprint density at radius 2 is 1.61 bits per heavy atom. The lowest BCUT2D eigenvalue weighted by molar-refractivity contribution is -0.274. The van der Waals surface area contributed by atoms with Crippen molar-refractivity contribution in [1.29, 1.82) is 0 Å². The number of benzene rings is 2. The van der Waals surface area contributed by atoms with Crippen molar-refractivity contribution < 1.29 is 22.7 Å². The number of hydrogen-bond acceptors (Lipinski definition) is 4. The molecule has 0 saturated heterocycles. The summed E-state index contributed by atoms with van der Waals surface area (Å²) in [5.41, 5.74) is 1.22. The van der Waals surface area contributed by atoms with Crippen molar-refractivity contribution in [2.24, 2.45) is 0 Å². The number of rotatable bonds is 6. The molecule has 0 amide bonds. The van der Waals surface area contributed by atoms with Gasteiger partial charge >= 0.3 is 12.1 Å². The number of aryl methyl sites for hydroxylation is 2. The number of alkyl halides is 3. The van der Waals surface area contributed by atoms with Crippen molar-refractivity contribution in [3.05, 3.63) is 96.8 Å². The van der Waals surface area contributed by atoms with E-state index >= 15 is 0 Å². The topological polar surface area (TPSA) is 81.2 Å². The maximum atomic E-state index is 13.2. The average molecular weight is 460 g/mol. The van der Waals surface area contributed by atoms with E-state index in [-0.39, 0.29) is 23.7 Å². The monoisotopic (exact) mass is 460 g/mol. The predicted octanol–water partition coefficient (Wildman–Crippen LogP) is 4.45. The molecule has 0 spiro atoms. The van der Waals surface area contributed by atoms with Gasteiger partial charge in [0.2, 0.25) is 5.78 Å². The van der Waals surface area contributed by atoms with E-state index in [1.165, 1.54) is 12.1 Å². The first-order valence-electron chi connectivity index (χ1n) is 10.2. The zero-order chi connectivity index (χ0) is 24.5. The molecule has 0 aliphatic rings. The molecule has 0 atom stereocenters. The van der Waals surface area contributed by atoms with Gasteiger partial charge in [0.05, 0.1) is 12.2 Å². The molecule has 33 heavy (non-hydrogen) atoms. The molecule has 3 aromatic rings. The molecule has 0 aliphatic carbocycles. The highest BCUT2D eigenvalue weighted by Crippen LogP contribution is 2.23. The van der Waals surface area contributed by atoms with Crippen LogP contribution >= 0.6 is 0 Å². The Balaban J connectivity index is 2.02. The van der Waals surface area contributed by atoms with Crippen LogP contribution in [0.1, 0.15) is 58.1 Å². The Bertz CT molecular complexity index is 1280. The minimum Gasteiger partial charge on any atom is -0.406 e. The number of ether oxygens (including phenoxy) is 1. The Morgan fingerprint density at radius 3 is 2.12 bits per heavy atom. The van der Waals surface area contributed by atoms with Gasteiger partial charge in [-0.05, 0) is 49.6 Å². The molecular weight excluding hydrogens is 437 g/mol. The zero-order valence-corrected chi connectivity index (χ0v) is 18.5. The fourth-order valence-corrected chi connectivity index (χ4v) is 3.67. The van der Waals surface area contributed by atoms with Gasteiger partial charge in [0.15, 0.2) is 0 Å². The molecule has 1 N–H and O–H groups in total. The molecule has 1 aromatic heterocycles. The third kappa shape index (κ3) is 5.60. The summed E-state index contributed by atoms with van der Waals surface area (Å²) < 4.78 is 41.8. The molecule has 1 heterocycles. The molecule has 0 bridgehead atoms. The molecule has 0 unspecified atom stereocenters. The van der Waals surface area contributed by atoms with Crippen LogP contribution < -0.4 is 16.0 Å². The molecule has 9 heteroatoms. The summed E-state index contributed by atoms with van der Waals surface area (Å²) in [7, 11) is 0. The molecule has 6 nitrogen and oxygen atoms in total. The van der Waals surface area contributed by atoms with Crippen LogP contribution in [0, 0.1) is 13.8 Å². The lowest BCUT2D eigenvalue weighted by atomic mass is 9.95. The average Bonchev–Trinajstić information content (AvgIpc) is 2.69. The fraction of sp³-hybridized carbons (Fsp3) is 0.292. The molecule has 174 valence electrons. The summed E-state index contributed by atoms with van der Waals surface area (Å²) in [5, 5.41) is 0. The summed E-state index contributed by atoms with van der Waals surface area (Å²) in [6, 6.07) is 10.1. The second kappa shape index (κ2) is 9.09. The lowest BCUT2D eigenvalue weighted by Gasteiger charge is -2.15. The molecule has 2 aromatic carbocycles. The highest BCUT2D eigenvalue weighted by molar-refractivity contribution is 6.08. The van der Waals surface area contributed by atoms with E-state index in [1.54, 1.807) is 26.0 Å². The van der Waals surface area contributed by atoms with Gasteiger partial charge in [-0.2, -0.15) is 0 Å². The summed E-state index contributed by atoms with van der Waals surface area (Å²) in [6.45, 7) is 6.98. The summed E-state index contributed by atoms with van der Waals surface area (Å²) >= 11 is 0. The van der Waals surface area contributed by atoms with E-state index in [2.05, 4.69) is 9.72 Å². The molecular formula is C24H23F3N2O4. The predicted molar refractivity (Wildman–Crippen MR) is 117 cm³/mol. The van der Waals surface area contributed by atoms with E-state index in [4.69, 9.17) is 0 Å². The van der Waals surface area contributed by atoms with Crippen LogP contribution in [0.4, 0.5) is 13.2 Å². The third-order valence-corrected chi connectivity index (χ3v) is 5.01. The number of nitrogens with one attached hydrogen (secondary N) is 1. The Labute approximate surface area is 187 Å². The number of carbonyl (C=O) groups is 1. The van der Waals surface area contributed by atoms with Crippen molar-refractivity contribution in [2.45, 2.75) is 46.5 Å². The molecule has 3 rings (SSSR count). The summed E-state index contributed by atoms with van der Waals surface area (Å²) in [4.78, 5) is 41.7. The van der Waals surface area contributed by atoms with Gasteiger partial charge in [-0.3, -0.25) is 14.2 Å². The van der Waals surface area contributed by atoms with Crippen molar-refractivity contribution in [1.82, 2.24) is 9.55 Å².